The lowest BCUT2D eigenvalue weighted by molar-refractivity contribution is -0.137. The third-order valence-electron chi connectivity index (χ3n) is 2.85. The summed E-state index contributed by atoms with van der Waals surface area (Å²) >= 11 is 0. The Morgan fingerprint density at radius 3 is 2.53 bits per heavy atom. The minimum Gasteiger partial charge on any atom is -0.347 e. The molecular weight excluding hydrogens is 229 g/mol. The molecule has 2 N–H and O–H groups in total. The predicted octanol–water partition coefficient (Wildman–Crippen LogP) is 3.14. The third kappa shape index (κ3) is 2.02. The molecule has 0 aliphatic rings. The highest BCUT2D eigenvalue weighted by molar-refractivity contribution is 5.84. The summed E-state index contributed by atoms with van der Waals surface area (Å²) in [7, 11) is 0. The van der Waals surface area contributed by atoms with Gasteiger partial charge in [0.05, 0.1) is 5.56 Å². The molecule has 0 saturated carbocycles. The second kappa shape index (κ2) is 4.07. The Balaban J connectivity index is 2.68. The maximum Gasteiger partial charge on any atom is 0.416 e. The molecule has 1 aromatic carbocycles. The van der Waals surface area contributed by atoms with Crippen LogP contribution in [0.3, 0.4) is 0 Å². The monoisotopic (exact) mass is 242 g/mol. The maximum atomic E-state index is 12.6. The number of aromatic nitrogens is 1. The lowest BCUT2D eigenvalue weighted by atomic mass is 10.1. The lowest BCUT2D eigenvalue weighted by Crippen LogP contribution is -2.04. The highest BCUT2D eigenvalue weighted by Gasteiger charge is 2.30. The van der Waals surface area contributed by atoms with Crippen molar-refractivity contribution in [3.8, 4) is 0 Å². The molecule has 0 spiro atoms. The molecule has 0 amide bonds. The Bertz CT molecular complexity index is 540. The van der Waals surface area contributed by atoms with Crippen LogP contribution in [0.1, 0.15) is 18.1 Å². The van der Waals surface area contributed by atoms with Crippen molar-refractivity contribution >= 4 is 10.9 Å². The summed E-state index contributed by atoms with van der Waals surface area (Å²) in [5, 5.41) is 0.587. The van der Waals surface area contributed by atoms with E-state index in [0.29, 0.717) is 11.9 Å². The Kier molecular flexibility index (Phi) is 2.87. The fraction of sp³-hybridized carbons (Fsp3) is 0.333. The van der Waals surface area contributed by atoms with Gasteiger partial charge in [0.2, 0.25) is 0 Å². The Morgan fingerprint density at radius 1 is 1.29 bits per heavy atom. The zero-order chi connectivity index (χ0) is 12.6. The van der Waals surface area contributed by atoms with E-state index in [2.05, 4.69) is 0 Å². The fourth-order valence-electron chi connectivity index (χ4n) is 1.97. The van der Waals surface area contributed by atoms with Gasteiger partial charge in [-0.3, -0.25) is 0 Å². The highest BCUT2D eigenvalue weighted by Crippen LogP contribution is 2.32. The van der Waals surface area contributed by atoms with Crippen LogP contribution in [-0.2, 0) is 19.3 Å². The molecule has 17 heavy (non-hydrogen) atoms. The number of hydrogen-bond acceptors (Lipinski definition) is 1. The molecule has 0 atom stereocenters. The second-order valence-electron chi connectivity index (χ2n) is 3.87. The van der Waals surface area contributed by atoms with E-state index >= 15 is 0 Å². The largest absolute Gasteiger partial charge is 0.416 e. The third-order valence-corrected chi connectivity index (χ3v) is 2.85. The fourth-order valence-corrected chi connectivity index (χ4v) is 1.97. The van der Waals surface area contributed by atoms with Crippen molar-refractivity contribution < 1.29 is 13.2 Å². The molecular formula is C12H13F3N2. The van der Waals surface area contributed by atoms with Gasteiger partial charge in [0.15, 0.2) is 0 Å². The summed E-state index contributed by atoms with van der Waals surface area (Å²) < 4.78 is 39.7. The van der Waals surface area contributed by atoms with Gasteiger partial charge in [-0.05, 0) is 30.7 Å². The van der Waals surface area contributed by atoms with Gasteiger partial charge < -0.3 is 10.3 Å². The first-order chi connectivity index (χ1) is 7.97. The van der Waals surface area contributed by atoms with Gasteiger partial charge in [0, 0.05) is 30.2 Å². The van der Waals surface area contributed by atoms with Crippen molar-refractivity contribution in [3.05, 3.63) is 35.5 Å². The van der Waals surface area contributed by atoms with Gasteiger partial charge in [-0.15, -0.1) is 0 Å². The van der Waals surface area contributed by atoms with E-state index in [4.69, 9.17) is 5.73 Å². The molecule has 2 nitrogen and oxygen atoms in total. The average molecular weight is 242 g/mol. The minimum atomic E-state index is -4.31. The average Bonchev–Trinajstić information content (AvgIpc) is 2.64. The number of benzene rings is 1. The molecule has 5 heteroatoms. The Hall–Kier alpha value is -1.49. The molecule has 0 radical (unpaired) electrons. The molecule has 0 aliphatic carbocycles. The van der Waals surface area contributed by atoms with Gasteiger partial charge >= 0.3 is 6.18 Å². The first-order valence-corrected chi connectivity index (χ1v) is 5.36. The van der Waals surface area contributed by atoms with Gasteiger partial charge in [-0.25, -0.2) is 0 Å². The van der Waals surface area contributed by atoms with Crippen molar-refractivity contribution in [1.82, 2.24) is 4.57 Å². The minimum absolute atomic E-state index is 0.241. The molecule has 2 aromatic rings. The van der Waals surface area contributed by atoms with E-state index in [9.17, 15) is 13.2 Å². The van der Waals surface area contributed by atoms with Crippen LogP contribution in [0.4, 0.5) is 13.2 Å². The summed E-state index contributed by atoms with van der Waals surface area (Å²) in [5.41, 5.74) is 6.45. The number of fused-ring (bicyclic) bond motifs is 1. The number of nitrogens with zero attached hydrogens (tertiary/aromatic N) is 1. The summed E-state index contributed by atoms with van der Waals surface area (Å²) in [6, 6.07) is 3.78. The summed E-state index contributed by atoms with van der Waals surface area (Å²) in [6.45, 7) is 2.89. The first kappa shape index (κ1) is 12.0. The number of hydrogen-bond donors (Lipinski definition) is 1. The van der Waals surface area contributed by atoms with Crippen molar-refractivity contribution in [1.29, 1.82) is 0 Å². The quantitative estimate of drug-likeness (QED) is 0.861. The van der Waals surface area contributed by atoms with Crippen LogP contribution in [0.2, 0.25) is 0 Å². The molecule has 0 bridgehead atoms. The standard InChI is InChI=1S/C12H13F3N2/c1-2-17-7-8(6-16)10-5-9(12(13,14)15)3-4-11(10)17/h3-5,7H,2,6,16H2,1H3. The van der Waals surface area contributed by atoms with Crippen LogP contribution in [0.5, 0.6) is 0 Å². The maximum absolute atomic E-state index is 12.6. The van der Waals surface area contributed by atoms with Crippen LogP contribution >= 0.6 is 0 Å². The van der Waals surface area contributed by atoms with E-state index in [1.165, 1.54) is 12.1 Å². The number of alkyl halides is 3. The second-order valence-corrected chi connectivity index (χ2v) is 3.87. The van der Waals surface area contributed by atoms with Crippen molar-refractivity contribution in [2.45, 2.75) is 26.2 Å². The number of rotatable bonds is 2. The molecule has 1 heterocycles. The molecule has 0 aliphatic heterocycles. The van der Waals surface area contributed by atoms with E-state index in [1.54, 1.807) is 0 Å². The van der Waals surface area contributed by atoms with Crippen LogP contribution < -0.4 is 5.73 Å². The summed E-state index contributed by atoms with van der Waals surface area (Å²) in [4.78, 5) is 0. The van der Waals surface area contributed by atoms with Crippen LogP contribution in [0.15, 0.2) is 24.4 Å². The smallest absolute Gasteiger partial charge is 0.347 e. The molecule has 1 aromatic heterocycles. The van der Waals surface area contributed by atoms with E-state index < -0.39 is 11.7 Å². The van der Waals surface area contributed by atoms with Gasteiger partial charge in [0.1, 0.15) is 0 Å². The normalized spacial score (nSPS) is 12.3. The SMILES string of the molecule is CCn1cc(CN)c2cc(C(F)(F)F)ccc21. The number of nitrogens with two attached hydrogens (primary N) is 1. The summed E-state index contributed by atoms with van der Waals surface area (Å²) in [5.74, 6) is 0. The van der Waals surface area contributed by atoms with Crippen LogP contribution in [0, 0.1) is 0 Å². The molecule has 0 unspecified atom stereocenters. The number of halogens is 3. The number of aryl methyl sites for hydroxylation is 1. The molecule has 92 valence electrons. The molecule has 0 fully saturated rings. The van der Waals surface area contributed by atoms with E-state index in [0.717, 1.165) is 17.1 Å². The van der Waals surface area contributed by atoms with Gasteiger partial charge in [0.25, 0.3) is 0 Å². The Labute approximate surface area is 96.8 Å². The van der Waals surface area contributed by atoms with E-state index in [1.807, 2.05) is 17.7 Å². The topological polar surface area (TPSA) is 30.9 Å². The van der Waals surface area contributed by atoms with Crippen molar-refractivity contribution in [3.63, 3.8) is 0 Å². The van der Waals surface area contributed by atoms with Gasteiger partial charge in [-0.2, -0.15) is 13.2 Å². The van der Waals surface area contributed by atoms with Crippen molar-refractivity contribution in [2.24, 2.45) is 5.73 Å². The highest BCUT2D eigenvalue weighted by atomic mass is 19.4. The van der Waals surface area contributed by atoms with E-state index in [-0.39, 0.29) is 6.54 Å². The van der Waals surface area contributed by atoms with Crippen LogP contribution in [-0.4, -0.2) is 4.57 Å². The van der Waals surface area contributed by atoms with Gasteiger partial charge in [-0.1, -0.05) is 0 Å². The predicted molar refractivity (Wildman–Crippen MR) is 60.5 cm³/mol. The zero-order valence-electron chi connectivity index (χ0n) is 9.38. The first-order valence-electron chi connectivity index (χ1n) is 5.36. The zero-order valence-corrected chi connectivity index (χ0v) is 9.38. The van der Waals surface area contributed by atoms with Crippen molar-refractivity contribution in [2.75, 3.05) is 0 Å². The molecule has 0 saturated heterocycles. The molecule has 2 rings (SSSR count). The Morgan fingerprint density at radius 2 is 2.00 bits per heavy atom. The summed E-state index contributed by atoms with van der Waals surface area (Å²) in [6.07, 6.45) is -2.50. The lowest BCUT2D eigenvalue weighted by Gasteiger charge is -2.07. The van der Waals surface area contributed by atoms with Crippen LogP contribution in [0.25, 0.3) is 10.9 Å².